The smallest absolute Gasteiger partial charge is 0.217 e. The van der Waals surface area contributed by atoms with Gasteiger partial charge in [-0.25, -0.2) is 0 Å². The number of rotatable bonds is 5. The highest BCUT2D eigenvalue weighted by Crippen LogP contribution is 2.22. The minimum atomic E-state index is -0.486. The van der Waals surface area contributed by atoms with Gasteiger partial charge in [0.25, 0.3) is 0 Å². The average Bonchev–Trinajstić information content (AvgIpc) is 2.48. The Bertz CT molecular complexity index is 655. The molecule has 0 bridgehead atoms. The van der Waals surface area contributed by atoms with Gasteiger partial charge in [-0.1, -0.05) is 42.5 Å². The molecular weight excluding hydrogens is 294 g/mol. The molecule has 3 nitrogen and oxygen atoms in total. The van der Waals surface area contributed by atoms with Crippen LogP contribution in [0.1, 0.15) is 25.0 Å². The molecule has 4 heteroatoms. The maximum absolute atomic E-state index is 12.1. The standard InChI is InChI=1S/C18H19NO2S/c1-13(19-14(2)20)18(21)22-17-10-6-9-16(12-17)11-15-7-4-3-5-8-15/h3-10,12-13H,11H2,1-2H3,(H,19,20). The summed E-state index contributed by atoms with van der Waals surface area (Å²) in [7, 11) is 0. The Labute approximate surface area is 135 Å². The lowest BCUT2D eigenvalue weighted by molar-refractivity contribution is -0.122. The Balaban J connectivity index is 2.02. The highest BCUT2D eigenvalue weighted by atomic mass is 32.2. The first kappa shape index (κ1) is 16.3. The maximum atomic E-state index is 12.1. The zero-order valence-corrected chi connectivity index (χ0v) is 13.5. The number of carbonyl (C=O) groups is 2. The van der Waals surface area contributed by atoms with Crippen molar-refractivity contribution in [2.24, 2.45) is 0 Å². The van der Waals surface area contributed by atoms with E-state index < -0.39 is 6.04 Å². The number of carbonyl (C=O) groups excluding carboxylic acids is 2. The molecule has 0 saturated carbocycles. The number of benzene rings is 2. The van der Waals surface area contributed by atoms with Crippen LogP contribution in [-0.2, 0) is 16.0 Å². The second-order valence-corrected chi connectivity index (χ2v) is 6.23. The summed E-state index contributed by atoms with van der Waals surface area (Å²) < 4.78 is 0. The molecule has 2 rings (SSSR count). The van der Waals surface area contributed by atoms with Gasteiger partial charge in [-0.3, -0.25) is 9.59 Å². The average molecular weight is 313 g/mol. The molecule has 1 atom stereocenters. The SMILES string of the molecule is CC(=O)NC(C)C(=O)Sc1cccc(Cc2ccccc2)c1. The van der Waals surface area contributed by atoms with Gasteiger partial charge in [0.1, 0.15) is 0 Å². The van der Waals surface area contributed by atoms with Crippen LogP contribution in [0.4, 0.5) is 0 Å². The fourth-order valence-electron chi connectivity index (χ4n) is 2.12. The van der Waals surface area contributed by atoms with Crippen molar-refractivity contribution in [1.29, 1.82) is 0 Å². The van der Waals surface area contributed by atoms with Crippen LogP contribution in [0.2, 0.25) is 0 Å². The zero-order chi connectivity index (χ0) is 15.9. The minimum absolute atomic E-state index is 0.0629. The van der Waals surface area contributed by atoms with Gasteiger partial charge >= 0.3 is 0 Å². The van der Waals surface area contributed by atoms with Crippen LogP contribution in [0.5, 0.6) is 0 Å². The molecule has 1 amide bonds. The van der Waals surface area contributed by atoms with E-state index in [4.69, 9.17) is 0 Å². The summed E-state index contributed by atoms with van der Waals surface area (Å²) in [4.78, 5) is 24.0. The van der Waals surface area contributed by atoms with Crippen molar-refractivity contribution < 1.29 is 9.59 Å². The zero-order valence-electron chi connectivity index (χ0n) is 12.7. The van der Waals surface area contributed by atoms with E-state index in [1.165, 1.54) is 12.5 Å². The molecule has 2 aromatic rings. The van der Waals surface area contributed by atoms with E-state index >= 15 is 0 Å². The van der Waals surface area contributed by atoms with E-state index in [2.05, 4.69) is 23.5 Å². The predicted molar refractivity (Wildman–Crippen MR) is 89.8 cm³/mol. The third-order valence-electron chi connectivity index (χ3n) is 3.14. The molecule has 1 N–H and O–H groups in total. The van der Waals surface area contributed by atoms with Gasteiger partial charge in [0.2, 0.25) is 11.0 Å². The van der Waals surface area contributed by atoms with Crippen molar-refractivity contribution in [2.45, 2.75) is 31.2 Å². The van der Waals surface area contributed by atoms with E-state index in [-0.39, 0.29) is 11.0 Å². The van der Waals surface area contributed by atoms with Crippen molar-refractivity contribution >= 4 is 22.8 Å². The third kappa shape index (κ3) is 5.04. The second-order valence-electron chi connectivity index (χ2n) is 5.15. The van der Waals surface area contributed by atoms with Gasteiger partial charge in [-0.2, -0.15) is 0 Å². The largest absolute Gasteiger partial charge is 0.346 e. The molecule has 2 aromatic carbocycles. The Morgan fingerprint density at radius 2 is 1.73 bits per heavy atom. The summed E-state index contributed by atoms with van der Waals surface area (Å²) in [5, 5.41) is 2.54. The summed E-state index contributed by atoms with van der Waals surface area (Å²) in [6.07, 6.45) is 0.838. The topological polar surface area (TPSA) is 46.2 Å². The van der Waals surface area contributed by atoms with Crippen molar-refractivity contribution in [3.8, 4) is 0 Å². The molecular formula is C18H19NO2S. The number of hydrogen-bond donors (Lipinski definition) is 1. The van der Waals surface area contributed by atoms with Crippen LogP contribution >= 0.6 is 11.8 Å². The van der Waals surface area contributed by atoms with Gasteiger partial charge in [0.15, 0.2) is 0 Å². The van der Waals surface area contributed by atoms with Crippen LogP contribution < -0.4 is 5.32 Å². The van der Waals surface area contributed by atoms with Crippen molar-refractivity contribution in [3.05, 3.63) is 65.7 Å². The number of thioether (sulfide) groups is 1. The first-order valence-electron chi connectivity index (χ1n) is 7.16. The molecule has 0 radical (unpaired) electrons. The van der Waals surface area contributed by atoms with Crippen molar-refractivity contribution in [2.75, 3.05) is 0 Å². The molecule has 0 heterocycles. The number of amides is 1. The molecule has 114 valence electrons. The molecule has 0 saturated heterocycles. The van der Waals surface area contributed by atoms with Crippen LogP contribution in [0.3, 0.4) is 0 Å². The Hall–Kier alpha value is -2.07. The number of hydrogen-bond acceptors (Lipinski definition) is 3. The lowest BCUT2D eigenvalue weighted by atomic mass is 10.1. The molecule has 0 aliphatic rings. The third-order valence-corrected chi connectivity index (χ3v) is 4.19. The predicted octanol–water partition coefficient (Wildman–Crippen LogP) is 3.42. The molecule has 0 fully saturated rings. The van der Waals surface area contributed by atoms with E-state index in [0.29, 0.717) is 0 Å². The highest BCUT2D eigenvalue weighted by molar-refractivity contribution is 8.13. The van der Waals surface area contributed by atoms with E-state index in [9.17, 15) is 9.59 Å². The van der Waals surface area contributed by atoms with Crippen molar-refractivity contribution in [3.63, 3.8) is 0 Å². The van der Waals surface area contributed by atoms with E-state index in [1.807, 2.05) is 36.4 Å². The molecule has 22 heavy (non-hydrogen) atoms. The molecule has 0 aromatic heterocycles. The Morgan fingerprint density at radius 1 is 1.05 bits per heavy atom. The van der Waals surface area contributed by atoms with Gasteiger partial charge in [0.05, 0.1) is 6.04 Å². The fraction of sp³-hybridized carbons (Fsp3) is 0.222. The monoisotopic (exact) mass is 313 g/mol. The van der Waals surface area contributed by atoms with E-state index in [1.54, 1.807) is 6.92 Å². The molecule has 1 unspecified atom stereocenters. The normalized spacial score (nSPS) is 11.7. The lowest BCUT2D eigenvalue weighted by Gasteiger charge is -2.11. The van der Waals surface area contributed by atoms with Crippen LogP contribution in [0, 0.1) is 0 Å². The molecule has 0 aliphatic carbocycles. The maximum Gasteiger partial charge on any atom is 0.217 e. The Morgan fingerprint density at radius 3 is 2.41 bits per heavy atom. The van der Waals surface area contributed by atoms with Crippen LogP contribution in [-0.4, -0.2) is 17.1 Å². The lowest BCUT2D eigenvalue weighted by Crippen LogP contribution is -2.35. The first-order chi connectivity index (χ1) is 10.5. The molecule has 0 aliphatic heterocycles. The summed E-state index contributed by atoms with van der Waals surface area (Å²) in [6.45, 7) is 3.11. The van der Waals surface area contributed by atoms with Crippen LogP contribution in [0.25, 0.3) is 0 Å². The van der Waals surface area contributed by atoms with Gasteiger partial charge in [0, 0.05) is 11.8 Å². The first-order valence-corrected chi connectivity index (χ1v) is 7.98. The quantitative estimate of drug-likeness (QED) is 0.860. The summed E-state index contributed by atoms with van der Waals surface area (Å²) in [5.74, 6) is -0.195. The van der Waals surface area contributed by atoms with E-state index in [0.717, 1.165) is 28.6 Å². The summed E-state index contributed by atoms with van der Waals surface area (Å²) in [5.41, 5.74) is 2.40. The summed E-state index contributed by atoms with van der Waals surface area (Å²) in [6, 6.07) is 17.7. The number of nitrogens with one attached hydrogen (secondary N) is 1. The fourth-order valence-corrected chi connectivity index (χ4v) is 2.94. The van der Waals surface area contributed by atoms with Gasteiger partial charge in [-0.15, -0.1) is 0 Å². The molecule has 0 spiro atoms. The second kappa shape index (κ2) is 7.80. The highest BCUT2D eigenvalue weighted by Gasteiger charge is 2.15. The van der Waals surface area contributed by atoms with Crippen molar-refractivity contribution in [1.82, 2.24) is 5.32 Å². The van der Waals surface area contributed by atoms with Gasteiger partial charge < -0.3 is 5.32 Å². The van der Waals surface area contributed by atoms with Gasteiger partial charge in [-0.05, 0) is 48.4 Å². The van der Waals surface area contributed by atoms with Crippen LogP contribution in [0.15, 0.2) is 59.5 Å². The minimum Gasteiger partial charge on any atom is -0.346 e. The Kier molecular flexibility index (Phi) is 5.78. The summed E-state index contributed by atoms with van der Waals surface area (Å²) >= 11 is 1.16.